The molecule has 0 spiro atoms. The van der Waals surface area contributed by atoms with E-state index in [0.717, 1.165) is 36.0 Å². The fourth-order valence-corrected chi connectivity index (χ4v) is 4.35. The molecule has 3 aliphatic rings. The molecule has 0 aromatic heterocycles. The lowest BCUT2D eigenvalue weighted by Crippen LogP contribution is -3.20. The van der Waals surface area contributed by atoms with Gasteiger partial charge in [-0.3, -0.25) is 5.32 Å². The van der Waals surface area contributed by atoms with E-state index in [2.05, 4.69) is 11.2 Å². The Balaban J connectivity index is 1.36. The van der Waals surface area contributed by atoms with Gasteiger partial charge in [-0.15, -0.1) is 6.42 Å². The highest BCUT2D eigenvalue weighted by Gasteiger charge is 2.43. The van der Waals surface area contributed by atoms with Gasteiger partial charge >= 0.3 is 6.09 Å². The van der Waals surface area contributed by atoms with Crippen molar-refractivity contribution >= 4 is 22.6 Å². The summed E-state index contributed by atoms with van der Waals surface area (Å²) in [6.07, 6.45) is 7.51. The van der Waals surface area contributed by atoms with Crippen molar-refractivity contribution in [3.8, 4) is 12.3 Å². The molecule has 2 N–H and O–H groups in total. The van der Waals surface area contributed by atoms with Gasteiger partial charge in [0.05, 0.1) is 24.7 Å². The molecule has 4 atom stereocenters. The number of ether oxygens (including phenoxy) is 1. The molecule has 25 heavy (non-hydrogen) atoms. The van der Waals surface area contributed by atoms with E-state index in [0.29, 0.717) is 24.5 Å². The number of anilines is 1. The summed E-state index contributed by atoms with van der Waals surface area (Å²) in [7, 11) is 0. The number of carbonyl (C=O) groups excluding carboxylic acids is 1. The fourth-order valence-electron chi connectivity index (χ4n) is 4.35. The van der Waals surface area contributed by atoms with Crippen LogP contribution in [0.25, 0.3) is 10.8 Å². The predicted molar refractivity (Wildman–Crippen MR) is 98.5 cm³/mol. The molecule has 3 aliphatic heterocycles. The molecular weight excluding hydrogens is 312 g/mol. The maximum absolute atomic E-state index is 12.3. The molecule has 1 amide bonds. The van der Waals surface area contributed by atoms with Gasteiger partial charge in [0.1, 0.15) is 12.6 Å². The molecular formula is C21H23N2O2+. The Morgan fingerprint density at radius 3 is 2.92 bits per heavy atom. The highest BCUT2D eigenvalue weighted by Crippen LogP contribution is 2.27. The zero-order valence-corrected chi connectivity index (χ0v) is 14.2. The molecule has 3 saturated heterocycles. The van der Waals surface area contributed by atoms with Gasteiger partial charge in [0.2, 0.25) is 0 Å². The fraction of sp³-hybridized carbons (Fsp3) is 0.381. The number of benzene rings is 2. The van der Waals surface area contributed by atoms with E-state index in [4.69, 9.17) is 11.2 Å². The van der Waals surface area contributed by atoms with Crippen molar-refractivity contribution in [2.24, 2.45) is 11.8 Å². The smallest absolute Gasteiger partial charge is 0.411 e. The first-order valence-electron chi connectivity index (χ1n) is 8.97. The Labute approximate surface area is 148 Å². The summed E-state index contributed by atoms with van der Waals surface area (Å²) in [6.45, 7) is 2.61. The number of nitrogens with one attached hydrogen (secondary N) is 2. The molecule has 2 bridgehead atoms. The second kappa shape index (κ2) is 6.78. The average Bonchev–Trinajstić information content (AvgIpc) is 2.67. The van der Waals surface area contributed by atoms with Gasteiger partial charge < -0.3 is 9.64 Å². The normalized spacial score (nSPS) is 27.6. The molecule has 3 fully saturated rings. The number of piperidine rings is 3. The standard InChI is InChI=1S/C21H22N2O2/c1-2-15-13-23-11-10-17(15)12-18(23)14-25-21(24)22-20-9-5-7-16-6-3-4-8-19(16)20/h1,3-9,15,17-18H,10-14H2,(H,22,24)/p+1/t15-,17-,18+/m0/s1. The van der Waals surface area contributed by atoms with Gasteiger partial charge in [-0.25, -0.2) is 4.79 Å². The summed E-state index contributed by atoms with van der Waals surface area (Å²) in [5, 5.41) is 5.00. The third kappa shape index (κ3) is 3.20. The van der Waals surface area contributed by atoms with E-state index in [9.17, 15) is 4.79 Å². The highest BCUT2D eigenvalue weighted by atomic mass is 16.5. The topological polar surface area (TPSA) is 42.8 Å². The summed E-state index contributed by atoms with van der Waals surface area (Å²) < 4.78 is 5.53. The van der Waals surface area contributed by atoms with Crippen LogP contribution in [0.5, 0.6) is 0 Å². The summed E-state index contributed by atoms with van der Waals surface area (Å²) in [6, 6.07) is 14.2. The van der Waals surface area contributed by atoms with E-state index < -0.39 is 0 Å². The molecule has 4 nitrogen and oxygen atoms in total. The molecule has 128 valence electrons. The Kier molecular flexibility index (Phi) is 4.33. The van der Waals surface area contributed by atoms with Crippen molar-refractivity contribution in [2.45, 2.75) is 18.9 Å². The van der Waals surface area contributed by atoms with Gasteiger partial charge in [-0.2, -0.15) is 0 Å². The Morgan fingerprint density at radius 2 is 2.12 bits per heavy atom. The first kappa shape index (κ1) is 16.0. The third-order valence-electron chi connectivity index (χ3n) is 5.71. The van der Waals surface area contributed by atoms with E-state index in [-0.39, 0.29) is 6.09 Å². The molecule has 0 saturated carbocycles. The Hall–Kier alpha value is -2.51. The third-order valence-corrected chi connectivity index (χ3v) is 5.71. The van der Waals surface area contributed by atoms with Crippen molar-refractivity contribution in [1.82, 2.24) is 0 Å². The monoisotopic (exact) mass is 335 g/mol. The lowest BCUT2D eigenvalue weighted by molar-refractivity contribution is -0.945. The SMILES string of the molecule is C#C[C@H]1C[NH+]2CC[C@H]1C[C@@H]2COC(=O)Nc1cccc2ccccc12. The second-order valence-corrected chi connectivity index (χ2v) is 7.12. The van der Waals surface area contributed by atoms with Crippen molar-refractivity contribution in [3.05, 3.63) is 42.5 Å². The molecule has 4 heteroatoms. The van der Waals surface area contributed by atoms with Gasteiger partial charge in [-0.1, -0.05) is 42.3 Å². The first-order valence-corrected chi connectivity index (χ1v) is 8.97. The maximum atomic E-state index is 12.3. The van der Waals surface area contributed by atoms with Crippen LogP contribution in [0.15, 0.2) is 42.5 Å². The summed E-state index contributed by atoms with van der Waals surface area (Å²) >= 11 is 0. The minimum Gasteiger partial charge on any atom is -0.443 e. The zero-order chi connectivity index (χ0) is 17.2. The number of fused-ring (bicyclic) bond motifs is 4. The van der Waals surface area contributed by atoms with Crippen LogP contribution >= 0.6 is 0 Å². The molecule has 1 unspecified atom stereocenters. The Morgan fingerprint density at radius 1 is 1.28 bits per heavy atom. The number of quaternary nitrogens is 1. The lowest BCUT2D eigenvalue weighted by atomic mass is 9.76. The van der Waals surface area contributed by atoms with Gasteiger partial charge in [0, 0.05) is 18.2 Å². The van der Waals surface area contributed by atoms with E-state index in [1.807, 2.05) is 42.5 Å². The number of hydrogen-bond acceptors (Lipinski definition) is 2. The summed E-state index contributed by atoms with van der Waals surface area (Å²) in [5.41, 5.74) is 0.785. The number of carbonyl (C=O) groups is 1. The summed E-state index contributed by atoms with van der Waals surface area (Å²) in [5.74, 6) is 3.92. The molecule has 2 aromatic rings. The quantitative estimate of drug-likeness (QED) is 0.846. The van der Waals surface area contributed by atoms with Crippen LogP contribution in [0, 0.1) is 24.2 Å². The van der Waals surface area contributed by atoms with Crippen LogP contribution < -0.4 is 10.2 Å². The first-order chi connectivity index (χ1) is 12.2. The van der Waals surface area contributed by atoms with Gasteiger partial charge in [0.25, 0.3) is 0 Å². The lowest BCUT2D eigenvalue weighted by Gasteiger charge is -2.44. The van der Waals surface area contributed by atoms with Gasteiger partial charge in [0.15, 0.2) is 0 Å². The number of amides is 1. The van der Waals surface area contributed by atoms with Crippen LogP contribution in [0.1, 0.15) is 12.8 Å². The number of hydrogen-bond donors (Lipinski definition) is 2. The van der Waals surface area contributed by atoms with Crippen molar-refractivity contribution in [3.63, 3.8) is 0 Å². The van der Waals surface area contributed by atoms with E-state index in [1.54, 1.807) is 0 Å². The van der Waals surface area contributed by atoms with Crippen LogP contribution in [0.2, 0.25) is 0 Å². The maximum Gasteiger partial charge on any atom is 0.411 e. The average molecular weight is 335 g/mol. The van der Waals surface area contributed by atoms with Crippen LogP contribution in [-0.4, -0.2) is 31.8 Å². The largest absolute Gasteiger partial charge is 0.443 e. The minimum absolute atomic E-state index is 0.376. The second-order valence-electron chi connectivity index (χ2n) is 7.12. The number of rotatable bonds is 3. The zero-order valence-electron chi connectivity index (χ0n) is 14.2. The molecule has 2 aromatic carbocycles. The van der Waals surface area contributed by atoms with E-state index in [1.165, 1.54) is 11.3 Å². The molecule has 3 heterocycles. The molecule has 0 aliphatic carbocycles. The Bertz CT molecular complexity index is 821. The molecule has 5 rings (SSSR count). The van der Waals surface area contributed by atoms with Crippen LogP contribution in [-0.2, 0) is 4.74 Å². The van der Waals surface area contributed by atoms with Crippen molar-refractivity contribution in [2.75, 3.05) is 25.0 Å². The minimum atomic E-state index is -0.383. The highest BCUT2D eigenvalue weighted by molar-refractivity contribution is 6.00. The van der Waals surface area contributed by atoms with Crippen LogP contribution in [0.4, 0.5) is 10.5 Å². The summed E-state index contributed by atoms with van der Waals surface area (Å²) in [4.78, 5) is 13.7. The number of terminal acetylenes is 1. The van der Waals surface area contributed by atoms with Gasteiger partial charge in [-0.05, 0) is 17.4 Å². The van der Waals surface area contributed by atoms with Crippen molar-refractivity contribution in [1.29, 1.82) is 0 Å². The molecule has 0 radical (unpaired) electrons. The van der Waals surface area contributed by atoms with E-state index >= 15 is 0 Å². The van der Waals surface area contributed by atoms with Crippen LogP contribution in [0.3, 0.4) is 0 Å². The van der Waals surface area contributed by atoms with Crippen molar-refractivity contribution < 1.29 is 14.4 Å². The predicted octanol–water partition coefficient (Wildman–Crippen LogP) is 2.31.